The Morgan fingerprint density at radius 1 is 1.16 bits per heavy atom. The zero-order chi connectivity index (χ0) is 25.5. The first-order valence-electron chi connectivity index (χ1n) is 12.0. The summed E-state index contributed by atoms with van der Waals surface area (Å²) in [4.78, 5) is 42.4. The number of amidine groups is 1. The van der Waals surface area contributed by atoms with E-state index in [1.165, 1.54) is 12.4 Å². The van der Waals surface area contributed by atoms with E-state index in [1.807, 2.05) is 53.4 Å². The van der Waals surface area contributed by atoms with Crippen LogP contribution in [0.25, 0.3) is 22.2 Å². The molecule has 6 rings (SSSR count). The molecule has 1 saturated heterocycles. The SMILES string of the molecule is C=CC(=O)N1CC[C@@H](N2C=C(C(=O)Nc3nc4cc(-c5ccccc5)ccc4o3)C3C(N)=NC=NC32)C1. The molecular weight excluding hydrogens is 470 g/mol. The molecule has 0 bridgehead atoms. The number of aromatic nitrogens is 1. The average molecular weight is 496 g/mol. The highest BCUT2D eigenvalue weighted by molar-refractivity contribution is 6.09. The number of nitrogens with zero attached hydrogens (tertiary/aromatic N) is 5. The molecule has 3 aliphatic rings. The van der Waals surface area contributed by atoms with Crippen LogP contribution in [0.1, 0.15) is 6.42 Å². The average Bonchev–Trinajstić information content (AvgIpc) is 3.65. The van der Waals surface area contributed by atoms with Crippen molar-refractivity contribution < 1.29 is 14.0 Å². The van der Waals surface area contributed by atoms with Gasteiger partial charge in [-0.15, -0.1) is 0 Å². The number of rotatable bonds is 5. The minimum atomic E-state index is -0.511. The number of carbonyl (C=O) groups excluding carboxylic acids is 2. The number of nitrogens with one attached hydrogen (secondary N) is 1. The number of hydrogen-bond donors (Lipinski definition) is 2. The molecule has 3 N–H and O–H groups in total. The van der Waals surface area contributed by atoms with Crippen LogP contribution in [0.4, 0.5) is 6.01 Å². The van der Waals surface area contributed by atoms with Crippen molar-refractivity contribution in [1.29, 1.82) is 0 Å². The molecular formula is C27H25N7O3. The second-order valence-electron chi connectivity index (χ2n) is 9.19. The van der Waals surface area contributed by atoms with E-state index in [4.69, 9.17) is 10.2 Å². The highest BCUT2D eigenvalue weighted by atomic mass is 16.4. The Labute approximate surface area is 212 Å². The zero-order valence-electron chi connectivity index (χ0n) is 19.9. The van der Waals surface area contributed by atoms with Crippen molar-refractivity contribution in [2.75, 3.05) is 18.4 Å². The van der Waals surface area contributed by atoms with E-state index >= 15 is 0 Å². The van der Waals surface area contributed by atoms with Gasteiger partial charge in [0, 0.05) is 30.9 Å². The third-order valence-electron chi connectivity index (χ3n) is 7.02. The fourth-order valence-electron chi connectivity index (χ4n) is 5.17. The van der Waals surface area contributed by atoms with Crippen LogP contribution in [0.5, 0.6) is 0 Å². The van der Waals surface area contributed by atoms with Crippen LogP contribution in [0.3, 0.4) is 0 Å². The lowest BCUT2D eigenvalue weighted by Gasteiger charge is -2.32. The van der Waals surface area contributed by atoms with Gasteiger partial charge in [0.1, 0.15) is 23.9 Å². The van der Waals surface area contributed by atoms with Crippen LogP contribution in [0.15, 0.2) is 87.4 Å². The van der Waals surface area contributed by atoms with E-state index < -0.39 is 12.1 Å². The molecule has 0 aliphatic carbocycles. The van der Waals surface area contributed by atoms with Crippen molar-refractivity contribution in [3.8, 4) is 11.1 Å². The molecule has 0 radical (unpaired) electrons. The molecule has 3 aliphatic heterocycles. The van der Waals surface area contributed by atoms with Gasteiger partial charge in [-0.3, -0.25) is 14.9 Å². The standard InChI is InChI=1S/C27H25N7O3/c1-2-22(35)33-11-10-18(13-33)34-14-19(23-24(28)29-15-30-25(23)34)26(36)32-27-31-20-12-17(8-9-21(20)37-27)16-6-4-3-5-7-16/h2-9,12,14-15,18,23,25H,1,10-11,13H2,(H2,28,29,30)(H,31,32,36)/t18-,23?,25?/m1/s1. The molecule has 186 valence electrons. The van der Waals surface area contributed by atoms with Gasteiger partial charge in [-0.2, -0.15) is 4.98 Å². The predicted octanol–water partition coefficient (Wildman–Crippen LogP) is 2.76. The van der Waals surface area contributed by atoms with Crippen LogP contribution in [0.2, 0.25) is 0 Å². The van der Waals surface area contributed by atoms with E-state index in [-0.39, 0.29) is 23.9 Å². The van der Waals surface area contributed by atoms with Crippen molar-refractivity contribution >= 4 is 41.1 Å². The first-order chi connectivity index (χ1) is 18.0. The smallest absolute Gasteiger partial charge is 0.302 e. The quantitative estimate of drug-likeness (QED) is 0.524. The summed E-state index contributed by atoms with van der Waals surface area (Å²) in [6.07, 6.45) is 4.86. The summed E-state index contributed by atoms with van der Waals surface area (Å²) in [5, 5.41) is 2.78. The fraction of sp³-hybridized carbons (Fsp3) is 0.222. The largest absolute Gasteiger partial charge is 0.423 e. The van der Waals surface area contributed by atoms with Gasteiger partial charge < -0.3 is 20.0 Å². The van der Waals surface area contributed by atoms with Crippen LogP contribution in [-0.2, 0) is 9.59 Å². The number of benzene rings is 2. The summed E-state index contributed by atoms with van der Waals surface area (Å²) in [6.45, 7) is 4.70. The predicted molar refractivity (Wildman–Crippen MR) is 141 cm³/mol. The van der Waals surface area contributed by atoms with Gasteiger partial charge in [-0.05, 0) is 35.8 Å². The molecule has 2 amide bonds. The molecule has 37 heavy (non-hydrogen) atoms. The van der Waals surface area contributed by atoms with Gasteiger partial charge in [-0.25, -0.2) is 9.98 Å². The van der Waals surface area contributed by atoms with Gasteiger partial charge >= 0.3 is 6.01 Å². The summed E-state index contributed by atoms with van der Waals surface area (Å²) in [5.74, 6) is -0.700. The lowest BCUT2D eigenvalue weighted by Crippen LogP contribution is -2.46. The van der Waals surface area contributed by atoms with Crippen molar-refractivity contribution in [3.05, 3.63) is 73.0 Å². The third kappa shape index (κ3) is 4.06. The number of nitrogens with two attached hydrogens (primary N) is 1. The first kappa shape index (κ1) is 22.7. The van der Waals surface area contributed by atoms with Gasteiger partial charge in [0.25, 0.3) is 5.91 Å². The number of anilines is 1. The number of amides is 2. The van der Waals surface area contributed by atoms with E-state index in [2.05, 4.69) is 26.9 Å². The Balaban J connectivity index is 1.25. The van der Waals surface area contributed by atoms with Crippen molar-refractivity contribution in [1.82, 2.24) is 14.8 Å². The first-order valence-corrected chi connectivity index (χ1v) is 12.0. The molecule has 0 saturated carbocycles. The topological polar surface area (TPSA) is 129 Å². The van der Waals surface area contributed by atoms with Crippen molar-refractivity contribution in [2.24, 2.45) is 21.6 Å². The maximum atomic E-state index is 13.4. The number of hydrogen-bond acceptors (Lipinski definition) is 8. The van der Waals surface area contributed by atoms with Crippen LogP contribution in [0, 0.1) is 5.92 Å². The van der Waals surface area contributed by atoms with E-state index in [9.17, 15) is 9.59 Å². The Hall–Kier alpha value is -4.73. The monoisotopic (exact) mass is 495 g/mol. The summed E-state index contributed by atoms with van der Waals surface area (Å²) < 4.78 is 5.80. The van der Waals surface area contributed by atoms with Gasteiger partial charge in [0.2, 0.25) is 5.91 Å². The lowest BCUT2D eigenvalue weighted by molar-refractivity contribution is -0.125. The molecule has 4 heterocycles. The maximum absolute atomic E-state index is 13.4. The van der Waals surface area contributed by atoms with E-state index in [1.54, 1.807) is 11.1 Å². The molecule has 3 aromatic rings. The minimum absolute atomic E-state index is 0.00881. The molecule has 1 aromatic heterocycles. The Morgan fingerprint density at radius 3 is 2.81 bits per heavy atom. The molecule has 1 fully saturated rings. The van der Waals surface area contributed by atoms with Gasteiger partial charge in [0.15, 0.2) is 5.58 Å². The third-order valence-corrected chi connectivity index (χ3v) is 7.02. The molecule has 2 unspecified atom stereocenters. The maximum Gasteiger partial charge on any atom is 0.302 e. The van der Waals surface area contributed by atoms with E-state index in [0.717, 1.165) is 17.5 Å². The summed E-state index contributed by atoms with van der Waals surface area (Å²) in [6, 6.07) is 15.8. The number of fused-ring (bicyclic) bond motifs is 2. The Kier molecular flexibility index (Phi) is 5.56. The van der Waals surface area contributed by atoms with E-state index in [0.29, 0.717) is 35.6 Å². The summed E-state index contributed by atoms with van der Waals surface area (Å²) in [7, 11) is 0. The summed E-state index contributed by atoms with van der Waals surface area (Å²) >= 11 is 0. The molecule has 3 atom stereocenters. The number of likely N-dealkylation sites (tertiary alicyclic amines) is 1. The van der Waals surface area contributed by atoms with Crippen molar-refractivity contribution in [3.63, 3.8) is 0 Å². The molecule has 10 nitrogen and oxygen atoms in total. The molecule has 0 spiro atoms. The Morgan fingerprint density at radius 2 is 2.00 bits per heavy atom. The van der Waals surface area contributed by atoms with Crippen LogP contribution >= 0.6 is 0 Å². The lowest BCUT2D eigenvalue weighted by atomic mass is 9.96. The highest BCUT2D eigenvalue weighted by Crippen LogP contribution is 2.36. The number of aliphatic imine (C=N–C) groups is 2. The number of oxazole rings is 1. The number of carbonyl (C=O) groups is 2. The molecule has 10 heteroatoms. The zero-order valence-corrected chi connectivity index (χ0v) is 19.9. The summed E-state index contributed by atoms with van der Waals surface area (Å²) in [5.41, 5.74) is 9.91. The van der Waals surface area contributed by atoms with Crippen LogP contribution < -0.4 is 11.1 Å². The van der Waals surface area contributed by atoms with Gasteiger partial charge in [-0.1, -0.05) is 43.0 Å². The van der Waals surface area contributed by atoms with Gasteiger partial charge in [0.05, 0.1) is 5.92 Å². The fourth-order valence-corrected chi connectivity index (χ4v) is 5.17. The highest BCUT2D eigenvalue weighted by Gasteiger charge is 2.45. The van der Waals surface area contributed by atoms with Crippen molar-refractivity contribution in [2.45, 2.75) is 18.6 Å². The second kappa shape index (κ2) is 9.05. The second-order valence-corrected chi connectivity index (χ2v) is 9.19. The molecule has 2 aromatic carbocycles. The van der Waals surface area contributed by atoms with Crippen LogP contribution in [-0.4, -0.2) is 64.1 Å². The normalized spacial score (nSPS) is 22.5. The minimum Gasteiger partial charge on any atom is -0.423 e. The Bertz CT molecular complexity index is 1490.